The van der Waals surface area contributed by atoms with Gasteiger partial charge in [-0.2, -0.15) is 11.3 Å². The molecule has 0 fully saturated rings. The SMILES string of the molecule is CCn1ccnc1NCc1cscc1C. The molecule has 2 aromatic heterocycles. The molecule has 0 aliphatic rings. The minimum atomic E-state index is 0.854. The third-order valence-electron chi connectivity index (χ3n) is 2.45. The summed E-state index contributed by atoms with van der Waals surface area (Å²) in [7, 11) is 0. The molecule has 0 aliphatic heterocycles. The third kappa shape index (κ3) is 2.21. The molecule has 2 heterocycles. The standard InChI is InChI=1S/C11H15N3S/c1-3-14-5-4-12-11(14)13-6-10-8-15-7-9(10)2/h4-5,7-8H,3,6H2,1-2H3,(H,12,13). The summed E-state index contributed by atoms with van der Waals surface area (Å²) in [6.45, 7) is 6.06. The zero-order chi connectivity index (χ0) is 10.7. The minimum absolute atomic E-state index is 0.854. The van der Waals surface area contributed by atoms with Crippen molar-refractivity contribution >= 4 is 17.3 Å². The molecule has 1 N–H and O–H groups in total. The number of nitrogens with zero attached hydrogens (tertiary/aromatic N) is 2. The lowest BCUT2D eigenvalue weighted by Crippen LogP contribution is -2.06. The third-order valence-corrected chi connectivity index (χ3v) is 3.36. The molecule has 0 aromatic carbocycles. The van der Waals surface area contributed by atoms with Crippen LogP contribution in [0.4, 0.5) is 5.95 Å². The van der Waals surface area contributed by atoms with E-state index in [9.17, 15) is 0 Å². The van der Waals surface area contributed by atoms with E-state index in [1.165, 1.54) is 11.1 Å². The molecular formula is C11H15N3S. The quantitative estimate of drug-likeness (QED) is 0.860. The zero-order valence-corrected chi connectivity index (χ0v) is 9.84. The van der Waals surface area contributed by atoms with Crippen LogP contribution in [0.2, 0.25) is 0 Å². The Bertz CT molecular complexity index is 430. The molecule has 0 aliphatic carbocycles. The van der Waals surface area contributed by atoms with Crippen LogP contribution in [0.25, 0.3) is 0 Å². The van der Waals surface area contributed by atoms with Crippen LogP contribution >= 0.6 is 11.3 Å². The first-order chi connectivity index (χ1) is 7.31. The highest BCUT2D eigenvalue weighted by Gasteiger charge is 2.02. The molecule has 0 amide bonds. The van der Waals surface area contributed by atoms with Crippen LogP contribution in [0.5, 0.6) is 0 Å². The van der Waals surface area contributed by atoms with Crippen molar-refractivity contribution in [3.8, 4) is 0 Å². The van der Waals surface area contributed by atoms with E-state index in [1.807, 2.05) is 12.4 Å². The molecule has 4 heteroatoms. The maximum absolute atomic E-state index is 4.27. The first kappa shape index (κ1) is 10.2. The molecule has 3 nitrogen and oxygen atoms in total. The van der Waals surface area contributed by atoms with Gasteiger partial charge < -0.3 is 9.88 Å². The van der Waals surface area contributed by atoms with Crippen LogP contribution in [0.1, 0.15) is 18.1 Å². The molecule has 0 bridgehead atoms. The van der Waals surface area contributed by atoms with Crippen LogP contribution in [-0.2, 0) is 13.1 Å². The monoisotopic (exact) mass is 221 g/mol. The average Bonchev–Trinajstić information content (AvgIpc) is 2.83. The highest BCUT2D eigenvalue weighted by atomic mass is 32.1. The van der Waals surface area contributed by atoms with Crippen LogP contribution in [0, 0.1) is 6.92 Å². The summed E-state index contributed by atoms with van der Waals surface area (Å²) in [5.41, 5.74) is 2.70. The highest BCUT2D eigenvalue weighted by Crippen LogP contribution is 2.15. The van der Waals surface area contributed by atoms with Gasteiger partial charge in [0.2, 0.25) is 5.95 Å². The topological polar surface area (TPSA) is 29.9 Å². The van der Waals surface area contributed by atoms with Crippen LogP contribution in [-0.4, -0.2) is 9.55 Å². The first-order valence-electron chi connectivity index (χ1n) is 5.08. The molecule has 2 rings (SSSR count). The molecule has 15 heavy (non-hydrogen) atoms. The Morgan fingerprint density at radius 3 is 3.00 bits per heavy atom. The van der Waals surface area contributed by atoms with Crippen molar-refractivity contribution in [1.29, 1.82) is 0 Å². The van der Waals surface area contributed by atoms with Gasteiger partial charge in [-0.1, -0.05) is 0 Å². The average molecular weight is 221 g/mol. The van der Waals surface area contributed by atoms with Crippen molar-refractivity contribution in [2.75, 3.05) is 5.32 Å². The predicted octanol–water partition coefficient (Wildman–Crippen LogP) is 2.89. The fourth-order valence-corrected chi connectivity index (χ4v) is 2.33. The van der Waals surface area contributed by atoms with E-state index in [2.05, 4.69) is 39.5 Å². The van der Waals surface area contributed by atoms with E-state index < -0.39 is 0 Å². The molecule has 0 saturated carbocycles. The van der Waals surface area contributed by atoms with E-state index in [4.69, 9.17) is 0 Å². The summed E-state index contributed by atoms with van der Waals surface area (Å²) >= 11 is 1.75. The summed E-state index contributed by atoms with van der Waals surface area (Å²) in [5, 5.41) is 7.70. The Balaban J connectivity index is 2.02. The summed E-state index contributed by atoms with van der Waals surface area (Å²) in [6.07, 6.45) is 3.81. The Kier molecular flexibility index (Phi) is 3.06. The van der Waals surface area contributed by atoms with Crippen molar-refractivity contribution < 1.29 is 0 Å². The van der Waals surface area contributed by atoms with Gasteiger partial charge in [0, 0.05) is 25.5 Å². The number of rotatable bonds is 4. The number of hydrogen-bond donors (Lipinski definition) is 1. The second-order valence-corrected chi connectivity index (χ2v) is 4.21. The maximum atomic E-state index is 4.27. The van der Waals surface area contributed by atoms with E-state index >= 15 is 0 Å². The zero-order valence-electron chi connectivity index (χ0n) is 9.03. The Hall–Kier alpha value is -1.29. The first-order valence-corrected chi connectivity index (χ1v) is 6.02. The van der Waals surface area contributed by atoms with Crippen molar-refractivity contribution in [3.05, 3.63) is 34.3 Å². The van der Waals surface area contributed by atoms with E-state index in [0.29, 0.717) is 0 Å². The number of nitrogens with one attached hydrogen (secondary N) is 1. The largest absolute Gasteiger partial charge is 0.352 e. The number of anilines is 1. The lowest BCUT2D eigenvalue weighted by Gasteiger charge is -2.07. The lowest BCUT2D eigenvalue weighted by molar-refractivity contribution is 0.763. The fraction of sp³-hybridized carbons (Fsp3) is 0.364. The smallest absolute Gasteiger partial charge is 0.203 e. The molecule has 0 spiro atoms. The Labute approximate surface area is 93.8 Å². The molecule has 0 unspecified atom stereocenters. The number of imidazole rings is 1. The van der Waals surface area contributed by atoms with Gasteiger partial charge in [0.1, 0.15) is 0 Å². The molecular weight excluding hydrogens is 206 g/mol. The highest BCUT2D eigenvalue weighted by molar-refractivity contribution is 7.08. The van der Waals surface area contributed by atoms with Gasteiger partial charge >= 0.3 is 0 Å². The predicted molar refractivity (Wildman–Crippen MR) is 64.3 cm³/mol. The van der Waals surface area contributed by atoms with Crippen molar-refractivity contribution in [2.24, 2.45) is 0 Å². The normalized spacial score (nSPS) is 10.5. The van der Waals surface area contributed by atoms with Gasteiger partial charge in [0.25, 0.3) is 0 Å². The summed E-state index contributed by atoms with van der Waals surface area (Å²) < 4.78 is 2.10. The van der Waals surface area contributed by atoms with Crippen molar-refractivity contribution in [1.82, 2.24) is 9.55 Å². The van der Waals surface area contributed by atoms with Gasteiger partial charge in [-0.3, -0.25) is 0 Å². The van der Waals surface area contributed by atoms with Crippen LogP contribution < -0.4 is 5.32 Å². The van der Waals surface area contributed by atoms with E-state index in [1.54, 1.807) is 11.3 Å². The molecule has 0 saturated heterocycles. The van der Waals surface area contributed by atoms with E-state index in [-0.39, 0.29) is 0 Å². The fourth-order valence-electron chi connectivity index (χ4n) is 1.47. The van der Waals surface area contributed by atoms with Gasteiger partial charge in [0.15, 0.2) is 0 Å². The number of hydrogen-bond acceptors (Lipinski definition) is 3. The second kappa shape index (κ2) is 4.49. The summed E-state index contributed by atoms with van der Waals surface area (Å²) in [4.78, 5) is 4.27. The second-order valence-electron chi connectivity index (χ2n) is 3.47. The molecule has 80 valence electrons. The van der Waals surface area contributed by atoms with E-state index in [0.717, 1.165) is 19.0 Å². The minimum Gasteiger partial charge on any atom is -0.352 e. The van der Waals surface area contributed by atoms with Gasteiger partial charge in [-0.15, -0.1) is 0 Å². The van der Waals surface area contributed by atoms with Gasteiger partial charge in [0.05, 0.1) is 0 Å². The Morgan fingerprint density at radius 2 is 2.33 bits per heavy atom. The molecule has 0 radical (unpaired) electrons. The molecule has 0 atom stereocenters. The molecule has 2 aromatic rings. The van der Waals surface area contributed by atoms with Crippen LogP contribution in [0.15, 0.2) is 23.2 Å². The summed E-state index contributed by atoms with van der Waals surface area (Å²) in [5.74, 6) is 0.947. The Morgan fingerprint density at radius 1 is 1.47 bits per heavy atom. The summed E-state index contributed by atoms with van der Waals surface area (Å²) in [6, 6.07) is 0. The van der Waals surface area contributed by atoms with Crippen molar-refractivity contribution in [2.45, 2.75) is 26.9 Å². The lowest BCUT2D eigenvalue weighted by atomic mass is 10.2. The van der Waals surface area contributed by atoms with Crippen molar-refractivity contribution in [3.63, 3.8) is 0 Å². The number of thiophene rings is 1. The van der Waals surface area contributed by atoms with Gasteiger partial charge in [-0.05, 0) is 35.7 Å². The maximum Gasteiger partial charge on any atom is 0.203 e. The van der Waals surface area contributed by atoms with Gasteiger partial charge in [-0.25, -0.2) is 4.98 Å². The van der Waals surface area contributed by atoms with Crippen LogP contribution in [0.3, 0.4) is 0 Å². The number of aryl methyl sites for hydroxylation is 2. The number of aromatic nitrogens is 2.